The average molecular weight is 326 g/mol. The van der Waals surface area contributed by atoms with E-state index in [4.69, 9.17) is 0 Å². The van der Waals surface area contributed by atoms with Gasteiger partial charge in [-0.2, -0.15) is 4.31 Å². The van der Waals surface area contributed by atoms with Gasteiger partial charge in [0.25, 0.3) is 0 Å². The minimum atomic E-state index is -3.74. The van der Waals surface area contributed by atoms with Crippen LogP contribution in [0.15, 0.2) is 39.7 Å². The fraction of sp³-hybridized carbons (Fsp3) is 0.333. The molecule has 0 aliphatic carbocycles. The summed E-state index contributed by atoms with van der Waals surface area (Å²) in [6.07, 6.45) is 4.39. The summed E-state index contributed by atoms with van der Waals surface area (Å²) in [4.78, 5) is 20.4. The van der Waals surface area contributed by atoms with Gasteiger partial charge in [-0.15, -0.1) is 11.3 Å². The van der Waals surface area contributed by atoms with Gasteiger partial charge in [0.15, 0.2) is 5.13 Å². The summed E-state index contributed by atoms with van der Waals surface area (Å²) < 4.78 is 26.3. The number of sulfonamides is 1. The molecule has 0 amide bonds. The lowest BCUT2D eigenvalue weighted by molar-refractivity contribution is 0.384. The maximum Gasteiger partial charge on any atom is 0.248 e. The Labute approximate surface area is 125 Å². The number of nitrogens with zero attached hydrogens (tertiary/aromatic N) is 3. The van der Waals surface area contributed by atoms with Crippen LogP contribution >= 0.6 is 11.3 Å². The highest BCUT2D eigenvalue weighted by atomic mass is 32.2. The Morgan fingerprint density at radius 1 is 1.24 bits per heavy atom. The van der Waals surface area contributed by atoms with Crippen molar-refractivity contribution in [1.29, 1.82) is 0 Å². The Kier molecular flexibility index (Phi) is 3.79. The van der Waals surface area contributed by atoms with Crippen LogP contribution in [0, 0.1) is 0 Å². The molecule has 7 nitrogen and oxygen atoms in total. The molecular formula is C12H14N4O3S2. The van der Waals surface area contributed by atoms with Gasteiger partial charge in [-0.1, -0.05) is 0 Å². The third-order valence-corrected chi connectivity index (χ3v) is 6.09. The highest BCUT2D eigenvalue weighted by molar-refractivity contribution is 7.89. The fourth-order valence-corrected chi connectivity index (χ4v) is 4.39. The van der Waals surface area contributed by atoms with E-state index in [1.807, 2.05) is 10.3 Å². The number of thiazole rings is 1. The molecule has 21 heavy (non-hydrogen) atoms. The van der Waals surface area contributed by atoms with Crippen molar-refractivity contribution in [2.24, 2.45) is 0 Å². The van der Waals surface area contributed by atoms with Gasteiger partial charge in [-0.25, -0.2) is 13.4 Å². The number of rotatable bonds is 3. The van der Waals surface area contributed by atoms with Crippen LogP contribution in [0.2, 0.25) is 0 Å². The van der Waals surface area contributed by atoms with E-state index in [0.29, 0.717) is 26.2 Å². The van der Waals surface area contributed by atoms with Gasteiger partial charge in [0.2, 0.25) is 15.5 Å². The van der Waals surface area contributed by atoms with E-state index in [1.54, 1.807) is 6.20 Å². The van der Waals surface area contributed by atoms with E-state index < -0.39 is 15.5 Å². The lowest BCUT2D eigenvalue weighted by Crippen LogP contribution is -2.49. The van der Waals surface area contributed by atoms with Crippen LogP contribution in [0.4, 0.5) is 5.13 Å². The van der Waals surface area contributed by atoms with Crippen LogP contribution < -0.4 is 10.3 Å². The Morgan fingerprint density at radius 3 is 2.62 bits per heavy atom. The van der Waals surface area contributed by atoms with Crippen LogP contribution in [-0.4, -0.2) is 48.9 Å². The van der Waals surface area contributed by atoms with Crippen LogP contribution in [0.5, 0.6) is 0 Å². The first-order valence-corrected chi connectivity index (χ1v) is 8.73. The van der Waals surface area contributed by atoms with Crippen molar-refractivity contribution in [1.82, 2.24) is 14.3 Å². The first-order chi connectivity index (χ1) is 10.1. The summed E-state index contributed by atoms with van der Waals surface area (Å²) in [6, 6.07) is 1.22. The predicted molar refractivity (Wildman–Crippen MR) is 80.1 cm³/mol. The van der Waals surface area contributed by atoms with Gasteiger partial charge in [0, 0.05) is 56.2 Å². The molecule has 0 bridgehead atoms. The zero-order valence-corrected chi connectivity index (χ0v) is 12.7. The van der Waals surface area contributed by atoms with Gasteiger partial charge >= 0.3 is 0 Å². The van der Waals surface area contributed by atoms with E-state index in [0.717, 1.165) is 5.13 Å². The van der Waals surface area contributed by atoms with Gasteiger partial charge in [0.05, 0.1) is 0 Å². The van der Waals surface area contributed by atoms with Gasteiger partial charge in [-0.3, -0.25) is 4.79 Å². The standard InChI is InChI=1S/C12H14N4O3S2/c17-10-1-2-13-9-11(10)21(18,19)16-6-4-15(5-7-16)12-14-3-8-20-12/h1-3,8-9H,4-7H2,(H,13,17). The molecule has 1 saturated heterocycles. The number of H-pyrrole nitrogens is 1. The van der Waals surface area contributed by atoms with Gasteiger partial charge < -0.3 is 9.88 Å². The largest absolute Gasteiger partial charge is 0.366 e. The van der Waals surface area contributed by atoms with E-state index >= 15 is 0 Å². The summed E-state index contributed by atoms with van der Waals surface area (Å²) >= 11 is 1.53. The van der Waals surface area contributed by atoms with Crippen molar-refractivity contribution < 1.29 is 8.42 Å². The van der Waals surface area contributed by atoms with Crippen molar-refractivity contribution in [3.63, 3.8) is 0 Å². The number of piperazine rings is 1. The van der Waals surface area contributed by atoms with Crippen molar-refractivity contribution in [2.75, 3.05) is 31.1 Å². The molecule has 1 fully saturated rings. The third kappa shape index (κ3) is 2.71. The number of hydrogen-bond acceptors (Lipinski definition) is 6. The van der Waals surface area contributed by atoms with Gasteiger partial charge in [-0.05, 0) is 0 Å². The zero-order chi connectivity index (χ0) is 14.9. The number of anilines is 1. The molecule has 1 N–H and O–H groups in total. The van der Waals surface area contributed by atoms with Crippen LogP contribution in [0.3, 0.4) is 0 Å². The summed E-state index contributed by atoms with van der Waals surface area (Å²) in [7, 11) is -3.74. The molecule has 0 radical (unpaired) electrons. The van der Waals surface area contributed by atoms with E-state index in [2.05, 4.69) is 9.97 Å². The Balaban J connectivity index is 1.78. The van der Waals surface area contributed by atoms with Crippen molar-refractivity contribution >= 4 is 26.5 Å². The Hall–Kier alpha value is -1.71. The second-order valence-electron chi connectivity index (χ2n) is 4.58. The Morgan fingerprint density at radius 2 is 2.00 bits per heavy atom. The van der Waals surface area contributed by atoms with E-state index in [9.17, 15) is 13.2 Å². The summed E-state index contributed by atoms with van der Waals surface area (Å²) in [6.45, 7) is 1.82. The predicted octanol–water partition coefficient (Wildman–Crippen LogP) is 0.342. The van der Waals surface area contributed by atoms with Crippen molar-refractivity contribution in [3.8, 4) is 0 Å². The van der Waals surface area contributed by atoms with Crippen LogP contribution in [-0.2, 0) is 10.0 Å². The smallest absolute Gasteiger partial charge is 0.248 e. The van der Waals surface area contributed by atoms with E-state index in [1.165, 1.54) is 34.1 Å². The zero-order valence-electron chi connectivity index (χ0n) is 11.1. The Bertz CT molecular complexity index is 762. The van der Waals surface area contributed by atoms with Crippen LogP contribution in [0.1, 0.15) is 0 Å². The maximum atomic E-state index is 12.5. The number of nitrogens with one attached hydrogen (secondary N) is 1. The average Bonchev–Trinajstić information content (AvgIpc) is 3.02. The quantitative estimate of drug-likeness (QED) is 0.879. The molecule has 3 heterocycles. The van der Waals surface area contributed by atoms with Crippen molar-refractivity contribution in [3.05, 3.63) is 40.3 Å². The maximum absolute atomic E-state index is 12.5. The summed E-state index contributed by atoms with van der Waals surface area (Å²) in [5.74, 6) is 0. The summed E-state index contributed by atoms with van der Waals surface area (Å²) in [5.41, 5.74) is -0.490. The molecule has 1 aliphatic rings. The topological polar surface area (TPSA) is 86.4 Å². The molecule has 2 aromatic heterocycles. The minimum absolute atomic E-state index is 0.201. The van der Waals surface area contributed by atoms with Gasteiger partial charge in [0.1, 0.15) is 4.90 Å². The lowest BCUT2D eigenvalue weighted by Gasteiger charge is -2.33. The second kappa shape index (κ2) is 5.58. The highest BCUT2D eigenvalue weighted by Crippen LogP contribution is 2.21. The number of pyridine rings is 1. The highest BCUT2D eigenvalue weighted by Gasteiger charge is 2.30. The second-order valence-corrected chi connectivity index (χ2v) is 7.36. The molecular weight excluding hydrogens is 312 g/mol. The molecule has 9 heteroatoms. The molecule has 0 aromatic carbocycles. The monoisotopic (exact) mass is 326 g/mol. The molecule has 112 valence electrons. The molecule has 1 aliphatic heterocycles. The molecule has 0 unspecified atom stereocenters. The summed E-state index contributed by atoms with van der Waals surface area (Å²) in [5, 5.41) is 2.78. The molecule has 2 aromatic rings. The first-order valence-electron chi connectivity index (χ1n) is 6.41. The SMILES string of the molecule is O=c1cc[nH]cc1S(=O)(=O)N1CCN(c2nccs2)CC1. The minimum Gasteiger partial charge on any atom is -0.366 e. The lowest BCUT2D eigenvalue weighted by atomic mass is 10.4. The number of aromatic nitrogens is 2. The van der Waals surface area contributed by atoms with Crippen molar-refractivity contribution in [2.45, 2.75) is 4.90 Å². The molecule has 0 spiro atoms. The van der Waals surface area contributed by atoms with E-state index in [-0.39, 0.29) is 4.90 Å². The number of aromatic amines is 1. The molecule has 3 rings (SSSR count). The molecule has 0 saturated carbocycles. The fourth-order valence-electron chi connectivity index (χ4n) is 2.23. The molecule has 0 atom stereocenters. The van der Waals surface area contributed by atoms with Crippen LogP contribution in [0.25, 0.3) is 0 Å². The first kappa shape index (κ1) is 14.2. The third-order valence-electron chi connectivity index (χ3n) is 3.33. The number of hydrogen-bond donors (Lipinski definition) is 1. The normalized spacial score (nSPS) is 17.0.